The van der Waals surface area contributed by atoms with Crippen molar-refractivity contribution in [3.63, 3.8) is 0 Å². The number of hydrogen-bond acceptors (Lipinski definition) is 7. The van der Waals surface area contributed by atoms with E-state index < -0.39 is 42.1 Å². The van der Waals surface area contributed by atoms with Crippen molar-refractivity contribution < 1.29 is 23.9 Å². The fraction of sp³-hybridized carbons (Fsp3) is 0.684. The Morgan fingerprint density at radius 3 is 2.28 bits per heavy atom. The van der Waals surface area contributed by atoms with Crippen molar-refractivity contribution in [2.24, 2.45) is 22.2 Å². The molecule has 182 valence electrons. The average Bonchev–Trinajstić information content (AvgIpc) is 2.65. The van der Waals surface area contributed by atoms with Gasteiger partial charge in [0.15, 0.2) is 5.96 Å². The van der Waals surface area contributed by atoms with Gasteiger partial charge >= 0.3 is 6.09 Å². The summed E-state index contributed by atoms with van der Waals surface area (Å²) < 4.78 is 5.17. The van der Waals surface area contributed by atoms with Crippen molar-refractivity contribution in [1.82, 2.24) is 16.0 Å². The van der Waals surface area contributed by atoms with Crippen molar-refractivity contribution in [3.8, 4) is 0 Å². The number of amidine groups is 1. The number of rotatable bonds is 14. The lowest BCUT2D eigenvalue weighted by atomic mass is 10.1. The van der Waals surface area contributed by atoms with Crippen LogP contribution in [-0.2, 0) is 19.1 Å². The summed E-state index contributed by atoms with van der Waals surface area (Å²) in [7, 11) is 0. The molecule has 2 atom stereocenters. The number of aliphatic imine (C=N–C) groups is 1. The predicted molar refractivity (Wildman–Crippen MR) is 120 cm³/mol. The van der Waals surface area contributed by atoms with E-state index in [1.54, 1.807) is 20.8 Å². The summed E-state index contributed by atoms with van der Waals surface area (Å²) in [6.45, 7) is 4.92. The molecule has 0 heterocycles. The Balaban J connectivity index is 4.79. The van der Waals surface area contributed by atoms with Crippen LogP contribution >= 0.6 is 0 Å². The second-order valence-corrected chi connectivity index (χ2v) is 8.09. The van der Waals surface area contributed by atoms with Crippen LogP contribution in [-0.4, -0.2) is 66.8 Å². The molecule has 0 aliphatic heterocycles. The molecule has 0 aliphatic carbocycles. The third-order valence-electron chi connectivity index (χ3n) is 3.85. The van der Waals surface area contributed by atoms with E-state index in [0.717, 1.165) is 0 Å². The lowest BCUT2D eigenvalue weighted by Gasteiger charge is -2.23. The summed E-state index contributed by atoms with van der Waals surface area (Å²) in [6, 6.07) is -1.74. The number of nitrogens with one attached hydrogen (secondary N) is 4. The van der Waals surface area contributed by atoms with Crippen LogP contribution in [0.1, 0.15) is 52.9 Å². The predicted octanol–water partition coefficient (Wildman–Crippen LogP) is -1.16. The van der Waals surface area contributed by atoms with E-state index in [1.165, 1.54) is 0 Å². The Bertz CT molecular complexity index is 686. The average molecular weight is 457 g/mol. The zero-order valence-corrected chi connectivity index (χ0v) is 18.9. The zero-order valence-electron chi connectivity index (χ0n) is 18.9. The second kappa shape index (κ2) is 14.6. The molecule has 13 heteroatoms. The van der Waals surface area contributed by atoms with Gasteiger partial charge in [-0.3, -0.25) is 20.0 Å². The van der Waals surface area contributed by atoms with Crippen LogP contribution in [0.4, 0.5) is 4.79 Å². The number of ether oxygens (including phenoxy) is 1. The Kier molecular flexibility index (Phi) is 13.1. The molecule has 0 saturated heterocycles. The number of alkyl carbamates (subject to hydrolysis) is 1. The van der Waals surface area contributed by atoms with E-state index in [1.807, 2.05) is 0 Å². The summed E-state index contributed by atoms with van der Waals surface area (Å²) in [6.07, 6.45) is 1.48. The summed E-state index contributed by atoms with van der Waals surface area (Å²) >= 11 is 0. The van der Waals surface area contributed by atoms with E-state index in [-0.39, 0.29) is 24.8 Å². The van der Waals surface area contributed by atoms with Gasteiger partial charge in [0, 0.05) is 13.0 Å². The zero-order chi connectivity index (χ0) is 24.7. The molecule has 0 rings (SSSR count). The second-order valence-electron chi connectivity index (χ2n) is 8.09. The molecule has 0 spiro atoms. The summed E-state index contributed by atoms with van der Waals surface area (Å²) in [5.41, 5.74) is 15.0. The number of aldehydes is 1. The lowest BCUT2D eigenvalue weighted by Crippen LogP contribution is -2.50. The van der Waals surface area contributed by atoms with Crippen LogP contribution in [0.15, 0.2) is 4.99 Å². The first-order valence-corrected chi connectivity index (χ1v) is 10.2. The van der Waals surface area contributed by atoms with E-state index in [4.69, 9.17) is 27.3 Å². The van der Waals surface area contributed by atoms with Gasteiger partial charge in [0.05, 0.1) is 18.4 Å². The highest BCUT2D eigenvalue weighted by Gasteiger charge is 2.24. The van der Waals surface area contributed by atoms with Gasteiger partial charge in [0.25, 0.3) is 0 Å². The maximum Gasteiger partial charge on any atom is 0.408 e. The minimum absolute atomic E-state index is 0.00314. The fourth-order valence-electron chi connectivity index (χ4n) is 2.46. The van der Waals surface area contributed by atoms with Gasteiger partial charge in [0.2, 0.25) is 11.8 Å². The molecule has 3 amide bonds. The smallest absolute Gasteiger partial charge is 0.408 e. The molecule has 0 saturated carbocycles. The molecule has 0 aromatic carbocycles. The molecule has 0 bridgehead atoms. The number of carbonyl (C=O) groups excluding carboxylic acids is 4. The van der Waals surface area contributed by atoms with E-state index >= 15 is 0 Å². The van der Waals surface area contributed by atoms with Crippen molar-refractivity contribution >= 4 is 36.0 Å². The fourth-order valence-corrected chi connectivity index (χ4v) is 2.46. The molecule has 0 unspecified atom stereocenters. The molecule has 0 radical (unpaired) electrons. The molecule has 10 N–H and O–H groups in total. The van der Waals surface area contributed by atoms with E-state index in [0.29, 0.717) is 32.0 Å². The minimum Gasteiger partial charge on any atom is -0.444 e. The minimum atomic E-state index is -0.982. The molecule has 0 aromatic rings. The number of hydrogen-bond donors (Lipinski definition) is 7. The van der Waals surface area contributed by atoms with Crippen molar-refractivity contribution in [2.75, 3.05) is 13.1 Å². The summed E-state index contributed by atoms with van der Waals surface area (Å²) in [5.74, 6) is -1.27. The maximum absolute atomic E-state index is 12.5. The number of carbonyl (C=O) groups is 4. The Labute approximate surface area is 187 Å². The van der Waals surface area contributed by atoms with Crippen LogP contribution < -0.4 is 33.2 Å². The highest BCUT2D eigenvalue weighted by Crippen LogP contribution is 2.08. The number of amides is 3. The topological polar surface area (TPSA) is 228 Å². The van der Waals surface area contributed by atoms with Gasteiger partial charge in [-0.05, 0) is 46.5 Å². The highest BCUT2D eigenvalue weighted by atomic mass is 16.6. The molecule has 32 heavy (non-hydrogen) atoms. The normalized spacial score (nSPS) is 12.6. The van der Waals surface area contributed by atoms with Crippen molar-refractivity contribution in [1.29, 1.82) is 5.41 Å². The van der Waals surface area contributed by atoms with Gasteiger partial charge in [-0.1, -0.05) is 0 Å². The third-order valence-corrected chi connectivity index (χ3v) is 3.85. The summed E-state index contributed by atoms with van der Waals surface area (Å²) in [4.78, 5) is 51.6. The largest absolute Gasteiger partial charge is 0.444 e. The van der Waals surface area contributed by atoms with Crippen molar-refractivity contribution in [3.05, 3.63) is 0 Å². The molecule has 0 aromatic heterocycles. The molecular formula is C19H36N8O5. The number of nitrogens with zero attached hydrogens (tertiary/aromatic N) is 1. The van der Waals surface area contributed by atoms with Crippen molar-refractivity contribution in [2.45, 2.75) is 70.6 Å². The molecule has 0 fully saturated rings. The van der Waals surface area contributed by atoms with Gasteiger partial charge in [-0.15, -0.1) is 0 Å². The lowest BCUT2D eigenvalue weighted by molar-refractivity contribution is -0.128. The number of guanidine groups is 1. The van der Waals surface area contributed by atoms with E-state index in [9.17, 15) is 19.2 Å². The van der Waals surface area contributed by atoms with Gasteiger partial charge in [-0.2, -0.15) is 0 Å². The first-order chi connectivity index (χ1) is 14.8. The Morgan fingerprint density at radius 1 is 1.09 bits per heavy atom. The van der Waals surface area contributed by atoms with Gasteiger partial charge < -0.3 is 42.7 Å². The molecule has 0 aliphatic rings. The van der Waals surface area contributed by atoms with Crippen LogP contribution in [0.2, 0.25) is 0 Å². The molecule has 13 nitrogen and oxygen atoms in total. The number of nitrogens with two attached hydrogens (primary N) is 3. The van der Waals surface area contributed by atoms with E-state index in [2.05, 4.69) is 20.9 Å². The molecular weight excluding hydrogens is 420 g/mol. The van der Waals surface area contributed by atoms with Gasteiger partial charge in [0.1, 0.15) is 17.9 Å². The van der Waals surface area contributed by atoms with Crippen LogP contribution in [0.3, 0.4) is 0 Å². The quantitative estimate of drug-likeness (QED) is 0.0727. The monoisotopic (exact) mass is 456 g/mol. The standard InChI is InChI=1S/C19H36N8O5/c1-19(2,3)32-18(31)27-13(7-5-9-24-17(22)23)16(30)25-10-15(29)26-12(11-28)6-4-8-14(20)21/h11-13H,4-10H2,1-3H3,(H3,20,21)(H,25,30)(H,26,29)(H,27,31)(H4,22,23,24)/t12-,13-/m0/s1. The Hall–Kier alpha value is -3.38. The first kappa shape index (κ1) is 28.6. The highest BCUT2D eigenvalue weighted by molar-refractivity contribution is 5.90. The maximum atomic E-state index is 12.5. The van der Waals surface area contributed by atoms with Gasteiger partial charge in [-0.25, -0.2) is 4.79 Å². The summed E-state index contributed by atoms with van der Waals surface area (Å²) in [5, 5.41) is 14.5. The Morgan fingerprint density at radius 2 is 1.75 bits per heavy atom. The van der Waals surface area contributed by atoms with Crippen LogP contribution in [0.5, 0.6) is 0 Å². The van der Waals surface area contributed by atoms with Crippen LogP contribution in [0.25, 0.3) is 0 Å². The SMILES string of the molecule is CC(C)(C)OC(=O)N[C@@H](CCCN=C(N)N)C(=O)NCC(=O)N[C@H](C=O)CCCC(=N)N. The third kappa shape index (κ3) is 15.5. The van der Waals surface area contributed by atoms with Crippen LogP contribution in [0, 0.1) is 5.41 Å². The first-order valence-electron chi connectivity index (χ1n) is 10.2.